The van der Waals surface area contributed by atoms with Crippen molar-refractivity contribution >= 4 is 34.3 Å². The van der Waals surface area contributed by atoms with Gasteiger partial charge in [0, 0.05) is 22.5 Å². The third kappa shape index (κ3) is 1.64. The number of anilines is 1. The van der Waals surface area contributed by atoms with Crippen LogP contribution in [0, 0.1) is 0 Å². The molecule has 0 radical (unpaired) electrons. The van der Waals surface area contributed by atoms with Gasteiger partial charge in [0.05, 0.1) is 11.3 Å². The van der Waals surface area contributed by atoms with Gasteiger partial charge in [0.15, 0.2) is 0 Å². The fourth-order valence-electron chi connectivity index (χ4n) is 2.22. The van der Waals surface area contributed by atoms with E-state index in [1.54, 1.807) is 12.1 Å². The Kier molecular flexibility index (Phi) is 2.49. The van der Waals surface area contributed by atoms with E-state index in [2.05, 4.69) is 10.3 Å². The molecule has 1 aromatic heterocycles. The number of carbonyl (C=O) groups is 1. The molecule has 3 nitrogen and oxygen atoms in total. The van der Waals surface area contributed by atoms with E-state index in [0.717, 1.165) is 22.5 Å². The summed E-state index contributed by atoms with van der Waals surface area (Å²) in [4.78, 5) is 15.2. The van der Waals surface area contributed by atoms with Gasteiger partial charge in [-0.05, 0) is 36.8 Å². The van der Waals surface area contributed by atoms with E-state index in [-0.39, 0.29) is 5.91 Å². The van der Waals surface area contributed by atoms with Crippen LogP contribution in [-0.4, -0.2) is 10.9 Å². The van der Waals surface area contributed by atoms with E-state index in [1.807, 2.05) is 31.3 Å². The Bertz CT molecular complexity index is 656. The van der Waals surface area contributed by atoms with Crippen LogP contribution in [0.2, 0.25) is 5.02 Å². The molecular weight excluding hydrogens is 248 g/mol. The molecule has 2 N–H and O–H groups in total. The Morgan fingerprint density at radius 3 is 2.83 bits per heavy atom. The molecule has 2 aromatic rings. The SMILES string of the molecule is C/C(=C1\C(=O)Nc2cc(Cl)ccc21)c1ccc[nH]1. The number of halogens is 1. The van der Waals surface area contributed by atoms with Crippen LogP contribution < -0.4 is 5.32 Å². The van der Waals surface area contributed by atoms with E-state index in [1.165, 1.54) is 0 Å². The molecule has 0 atom stereocenters. The summed E-state index contributed by atoms with van der Waals surface area (Å²) >= 11 is 5.92. The van der Waals surface area contributed by atoms with Crippen LogP contribution in [0.3, 0.4) is 0 Å². The Morgan fingerprint density at radius 1 is 1.28 bits per heavy atom. The van der Waals surface area contributed by atoms with Crippen molar-refractivity contribution in [2.45, 2.75) is 6.92 Å². The van der Waals surface area contributed by atoms with Crippen LogP contribution >= 0.6 is 11.6 Å². The van der Waals surface area contributed by atoms with Crippen molar-refractivity contribution in [1.29, 1.82) is 0 Å². The lowest BCUT2D eigenvalue weighted by molar-refractivity contribution is -0.110. The average molecular weight is 259 g/mol. The minimum atomic E-state index is -0.0839. The summed E-state index contributed by atoms with van der Waals surface area (Å²) in [7, 11) is 0. The molecule has 18 heavy (non-hydrogen) atoms. The lowest BCUT2D eigenvalue weighted by Gasteiger charge is -2.03. The van der Waals surface area contributed by atoms with Gasteiger partial charge < -0.3 is 10.3 Å². The second-order valence-corrected chi connectivity index (χ2v) is 4.66. The first-order valence-electron chi connectivity index (χ1n) is 5.63. The zero-order valence-electron chi connectivity index (χ0n) is 9.75. The first kappa shape index (κ1) is 11.1. The van der Waals surface area contributed by atoms with Crippen LogP contribution in [-0.2, 0) is 4.79 Å². The van der Waals surface area contributed by atoms with Gasteiger partial charge in [-0.2, -0.15) is 0 Å². The predicted molar refractivity (Wildman–Crippen MR) is 73.4 cm³/mol. The molecule has 0 fully saturated rings. The maximum atomic E-state index is 12.1. The third-order valence-corrected chi connectivity index (χ3v) is 3.34. The van der Waals surface area contributed by atoms with Gasteiger partial charge in [-0.25, -0.2) is 0 Å². The zero-order valence-corrected chi connectivity index (χ0v) is 10.5. The number of benzene rings is 1. The summed E-state index contributed by atoms with van der Waals surface area (Å²) < 4.78 is 0. The minimum absolute atomic E-state index is 0.0839. The molecule has 4 heteroatoms. The maximum Gasteiger partial charge on any atom is 0.256 e. The predicted octanol–water partition coefficient (Wildman–Crippen LogP) is 3.55. The van der Waals surface area contributed by atoms with Crippen molar-refractivity contribution in [1.82, 2.24) is 4.98 Å². The van der Waals surface area contributed by atoms with Crippen molar-refractivity contribution in [2.75, 3.05) is 5.32 Å². The van der Waals surface area contributed by atoms with Crippen molar-refractivity contribution in [3.05, 3.63) is 52.8 Å². The molecule has 1 aliphatic heterocycles. The fraction of sp³-hybridized carbons (Fsp3) is 0.0714. The van der Waals surface area contributed by atoms with Crippen LogP contribution in [0.1, 0.15) is 18.2 Å². The Labute approximate surface area is 109 Å². The number of nitrogens with one attached hydrogen (secondary N) is 2. The van der Waals surface area contributed by atoms with Gasteiger partial charge >= 0.3 is 0 Å². The molecule has 2 heterocycles. The third-order valence-electron chi connectivity index (χ3n) is 3.10. The molecule has 0 unspecified atom stereocenters. The van der Waals surface area contributed by atoms with Gasteiger partial charge in [-0.3, -0.25) is 4.79 Å². The molecule has 1 aliphatic rings. The number of aromatic amines is 1. The second-order valence-electron chi connectivity index (χ2n) is 4.23. The van der Waals surface area contributed by atoms with Crippen molar-refractivity contribution in [2.24, 2.45) is 0 Å². The Hall–Kier alpha value is -2.00. The number of fused-ring (bicyclic) bond motifs is 1. The molecule has 0 saturated carbocycles. The molecule has 0 spiro atoms. The van der Waals surface area contributed by atoms with Crippen molar-refractivity contribution < 1.29 is 4.79 Å². The first-order valence-corrected chi connectivity index (χ1v) is 6.00. The fourth-order valence-corrected chi connectivity index (χ4v) is 2.39. The maximum absolute atomic E-state index is 12.1. The number of hydrogen-bond acceptors (Lipinski definition) is 1. The lowest BCUT2D eigenvalue weighted by Crippen LogP contribution is -2.05. The summed E-state index contributed by atoms with van der Waals surface area (Å²) in [6.07, 6.45) is 1.84. The lowest BCUT2D eigenvalue weighted by atomic mass is 10.0. The highest BCUT2D eigenvalue weighted by molar-refractivity contribution is 6.37. The summed E-state index contributed by atoms with van der Waals surface area (Å²) in [5, 5.41) is 3.45. The number of hydrogen-bond donors (Lipinski definition) is 2. The molecular formula is C14H11ClN2O. The minimum Gasteiger partial charge on any atom is -0.361 e. The second kappa shape index (κ2) is 4.03. The number of rotatable bonds is 1. The molecule has 0 saturated heterocycles. The average Bonchev–Trinajstić information content (AvgIpc) is 2.94. The molecule has 90 valence electrons. The van der Waals surface area contributed by atoms with E-state index in [0.29, 0.717) is 10.6 Å². The highest BCUT2D eigenvalue weighted by atomic mass is 35.5. The van der Waals surface area contributed by atoms with Crippen LogP contribution in [0.4, 0.5) is 5.69 Å². The van der Waals surface area contributed by atoms with Crippen LogP contribution in [0.25, 0.3) is 11.1 Å². The topological polar surface area (TPSA) is 44.9 Å². The van der Waals surface area contributed by atoms with Crippen LogP contribution in [0.15, 0.2) is 36.5 Å². The first-order chi connectivity index (χ1) is 8.66. The Morgan fingerprint density at radius 2 is 2.11 bits per heavy atom. The van der Waals surface area contributed by atoms with Gasteiger partial charge in [-0.15, -0.1) is 0 Å². The smallest absolute Gasteiger partial charge is 0.256 e. The number of aromatic nitrogens is 1. The highest BCUT2D eigenvalue weighted by Crippen LogP contribution is 2.37. The summed E-state index contributed by atoms with van der Waals surface area (Å²) in [6, 6.07) is 9.29. The van der Waals surface area contributed by atoms with Gasteiger partial charge in [0.2, 0.25) is 0 Å². The number of amides is 1. The quantitative estimate of drug-likeness (QED) is 0.755. The van der Waals surface area contributed by atoms with E-state index in [4.69, 9.17) is 11.6 Å². The largest absolute Gasteiger partial charge is 0.361 e. The molecule has 1 amide bonds. The summed E-state index contributed by atoms with van der Waals surface area (Å²) in [5.74, 6) is -0.0839. The van der Waals surface area contributed by atoms with Gasteiger partial charge in [0.25, 0.3) is 5.91 Å². The molecule has 0 aliphatic carbocycles. The zero-order chi connectivity index (χ0) is 12.7. The Balaban J connectivity index is 2.20. The van der Waals surface area contributed by atoms with Gasteiger partial charge in [-0.1, -0.05) is 17.7 Å². The molecule has 0 bridgehead atoms. The van der Waals surface area contributed by atoms with Crippen molar-refractivity contribution in [3.63, 3.8) is 0 Å². The number of carbonyl (C=O) groups excluding carboxylic acids is 1. The van der Waals surface area contributed by atoms with E-state index >= 15 is 0 Å². The normalized spacial score (nSPS) is 16.4. The molecule has 3 rings (SSSR count). The van der Waals surface area contributed by atoms with E-state index in [9.17, 15) is 4.79 Å². The van der Waals surface area contributed by atoms with Crippen molar-refractivity contribution in [3.8, 4) is 0 Å². The summed E-state index contributed by atoms with van der Waals surface area (Å²) in [5.41, 5.74) is 4.25. The highest BCUT2D eigenvalue weighted by Gasteiger charge is 2.26. The van der Waals surface area contributed by atoms with Crippen LogP contribution in [0.5, 0.6) is 0 Å². The number of H-pyrrole nitrogens is 1. The number of allylic oxidation sites excluding steroid dienone is 1. The van der Waals surface area contributed by atoms with E-state index < -0.39 is 0 Å². The molecule has 1 aromatic carbocycles. The summed E-state index contributed by atoms with van der Waals surface area (Å²) in [6.45, 7) is 1.93. The monoisotopic (exact) mass is 258 g/mol. The standard InChI is InChI=1S/C14H11ClN2O/c1-8(11-3-2-6-16-11)13-10-5-4-9(15)7-12(10)17-14(13)18/h2-7,16H,1H3,(H,17,18)/b13-8+. The van der Waals surface area contributed by atoms with Gasteiger partial charge in [0.1, 0.15) is 0 Å².